The number of hydrogen-bond acceptors (Lipinski definition) is 0. The van der Waals surface area contributed by atoms with Gasteiger partial charge in [-0.3, -0.25) is 0 Å². The zero-order chi connectivity index (χ0) is 0. The van der Waals surface area contributed by atoms with Crippen molar-refractivity contribution in [3.63, 3.8) is 0 Å². The van der Waals surface area contributed by atoms with Crippen molar-refractivity contribution in [2.75, 3.05) is 0 Å². The molecule has 0 aliphatic rings. The van der Waals surface area contributed by atoms with Crippen LogP contribution in [0.3, 0.4) is 0 Å². The summed E-state index contributed by atoms with van der Waals surface area (Å²) in [6.45, 7) is 0. The van der Waals surface area contributed by atoms with Gasteiger partial charge in [0.25, 0.3) is 0 Å². The van der Waals surface area contributed by atoms with Crippen LogP contribution in [0, 0.1) is 0 Å². The van der Waals surface area contributed by atoms with Crippen LogP contribution in [0.15, 0.2) is 0 Å². The SMILES string of the molecule is [Co+2].[Li+].[O-2].[O-2].[O-2].[O-2].[V+5]. The van der Waals surface area contributed by atoms with E-state index in [4.69, 9.17) is 0 Å². The fourth-order valence-electron chi connectivity index (χ4n) is 0. The number of hydrogen-bond donors (Lipinski definition) is 0. The molecule has 0 fully saturated rings. The normalized spacial score (nSPS) is 0. The zero-order valence-corrected chi connectivity index (χ0v) is 5.85. The van der Waals surface area contributed by atoms with Crippen LogP contribution in [0.1, 0.15) is 0 Å². The molecule has 0 aromatic rings. The Hall–Kier alpha value is 1.53. The Bertz CT molecular complexity index is 11.7. The monoisotopic (exact) mass is 181 g/mol. The predicted octanol–water partition coefficient (Wildman–Crippen LogP) is -3.48. The van der Waals surface area contributed by atoms with Gasteiger partial charge in [0.05, 0.1) is 0 Å². The van der Waals surface area contributed by atoms with Gasteiger partial charge in [0.2, 0.25) is 0 Å². The van der Waals surface area contributed by atoms with E-state index < -0.39 is 0 Å². The Balaban J connectivity index is 0. The summed E-state index contributed by atoms with van der Waals surface area (Å²) in [4.78, 5) is 0. The third kappa shape index (κ3) is 98.5. The third-order valence-corrected chi connectivity index (χ3v) is 0. The molecule has 0 heterocycles. The molecular weight excluding hydrogens is 181 g/mol. The van der Waals surface area contributed by atoms with Gasteiger partial charge in [-0.05, 0) is 0 Å². The Kier molecular flexibility index (Phi) is 4060. The molecule has 7 heteroatoms. The van der Waals surface area contributed by atoms with Gasteiger partial charge in [-0.1, -0.05) is 0 Å². The summed E-state index contributed by atoms with van der Waals surface area (Å²) in [5.74, 6) is 0. The molecule has 0 aromatic heterocycles. The molecule has 0 aliphatic heterocycles. The Morgan fingerprint density at radius 2 is 0.571 bits per heavy atom. The molecule has 0 saturated carbocycles. The van der Waals surface area contributed by atoms with Crippen LogP contribution in [0.4, 0.5) is 0 Å². The molecular formula is CoLiO4V. The minimum absolute atomic E-state index is 0. The molecule has 0 spiro atoms. The van der Waals surface area contributed by atoms with Crippen molar-refractivity contribution in [2.24, 2.45) is 0 Å². The summed E-state index contributed by atoms with van der Waals surface area (Å²) in [5.41, 5.74) is 0. The van der Waals surface area contributed by atoms with Crippen LogP contribution in [0.2, 0.25) is 0 Å². The minimum Gasteiger partial charge on any atom is -2.00 e. The molecule has 0 atom stereocenters. The van der Waals surface area contributed by atoms with E-state index in [-0.39, 0.29) is 76.1 Å². The molecule has 0 aliphatic carbocycles. The maximum Gasteiger partial charge on any atom is 5.00 e. The second-order valence-corrected chi connectivity index (χ2v) is 0. The van der Waals surface area contributed by atoms with Crippen LogP contribution < -0.4 is 18.9 Å². The molecule has 0 N–H and O–H groups in total. The molecule has 0 amide bonds. The molecule has 0 unspecified atom stereocenters. The van der Waals surface area contributed by atoms with E-state index >= 15 is 0 Å². The molecule has 0 saturated heterocycles. The van der Waals surface area contributed by atoms with Crippen LogP contribution >= 0.6 is 0 Å². The van der Waals surface area contributed by atoms with Crippen molar-refractivity contribution in [1.82, 2.24) is 0 Å². The molecule has 1 radical (unpaired) electrons. The average molecular weight is 181 g/mol. The quantitative estimate of drug-likeness (QED) is 0.345. The maximum atomic E-state index is 0. The summed E-state index contributed by atoms with van der Waals surface area (Å²) >= 11 is 0. The van der Waals surface area contributed by atoms with E-state index in [0.717, 1.165) is 0 Å². The average Bonchev–Trinajstić information content (AvgIpc) is 0. The first-order valence-corrected chi connectivity index (χ1v) is 0. The standard InChI is InChI=1S/Co.Li.4O.V/q+2;+1;4*-2;+5. The Morgan fingerprint density at radius 1 is 0.571 bits per heavy atom. The minimum atomic E-state index is 0. The van der Waals surface area contributed by atoms with Crippen molar-refractivity contribution in [1.29, 1.82) is 0 Å². The van der Waals surface area contributed by atoms with Gasteiger partial charge in [-0.2, -0.15) is 0 Å². The predicted molar refractivity (Wildman–Crippen MR) is 2.75 cm³/mol. The van der Waals surface area contributed by atoms with Crippen molar-refractivity contribution in [3.05, 3.63) is 0 Å². The van der Waals surface area contributed by atoms with E-state index in [2.05, 4.69) is 0 Å². The van der Waals surface area contributed by atoms with E-state index in [1.807, 2.05) is 0 Å². The van der Waals surface area contributed by atoms with Gasteiger partial charge in [0.15, 0.2) is 0 Å². The second-order valence-electron chi connectivity index (χ2n) is 0. The summed E-state index contributed by atoms with van der Waals surface area (Å²) in [7, 11) is 0. The Labute approximate surface area is 75.9 Å². The van der Waals surface area contributed by atoms with Gasteiger partial charge >= 0.3 is 54.2 Å². The fraction of sp³-hybridized carbons (Fsp3) is 0. The van der Waals surface area contributed by atoms with Gasteiger partial charge in [-0.15, -0.1) is 0 Å². The third-order valence-electron chi connectivity index (χ3n) is 0. The van der Waals surface area contributed by atoms with Crippen LogP contribution in [0.25, 0.3) is 0 Å². The molecule has 39 valence electrons. The zero-order valence-electron chi connectivity index (χ0n) is 3.41. The summed E-state index contributed by atoms with van der Waals surface area (Å²) in [6.07, 6.45) is 0. The van der Waals surface area contributed by atoms with Crippen LogP contribution in [-0.2, 0) is 57.2 Å². The van der Waals surface area contributed by atoms with Gasteiger partial charge in [-0.25, -0.2) is 0 Å². The molecule has 7 heavy (non-hydrogen) atoms. The summed E-state index contributed by atoms with van der Waals surface area (Å²) < 4.78 is 0. The molecule has 4 nitrogen and oxygen atoms in total. The summed E-state index contributed by atoms with van der Waals surface area (Å²) in [6, 6.07) is 0. The molecule has 0 aromatic carbocycles. The smallest absolute Gasteiger partial charge is 2.00 e. The Morgan fingerprint density at radius 3 is 0.571 bits per heavy atom. The molecule has 0 rings (SSSR count). The van der Waals surface area contributed by atoms with Crippen molar-refractivity contribution in [2.45, 2.75) is 0 Å². The van der Waals surface area contributed by atoms with E-state index in [0.29, 0.717) is 0 Å². The van der Waals surface area contributed by atoms with Crippen LogP contribution in [0.5, 0.6) is 0 Å². The van der Waals surface area contributed by atoms with Crippen molar-refractivity contribution < 1.29 is 76.1 Å². The largest absolute Gasteiger partial charge is 5.00 e. The van der Waals surface area contributed by atoms with E-state index in [1.165, 1.54) is 0 Å². The van der Waals surface area contributed by atoms with E-state index in [9.17, 15) is 0 Å². The fourth-order valence-corrected chi connectivity index (χ4v) is 0. The van der Waals surface area contributed by atoms with Gasteiger partial charge in [0.1, 0.15) is 0 Å². The van der Waals surface area contributed by atoms with Crippen molar-refractivity contribution in [3.8, 4) is 0 Å². The second kappa shape index (κ2) is 137. The van der Waals surface area contributed by atoms with E-state index in [1.54, 1.807) is 0 Å². The van der Waals surface area contributed by atoms with Gasteiger partial charge < -0.3 is 21.9 Å². The van der Waals surface area contributed by atoms with Crippen molar-refractivity contribution >= 4 is 0 Å². The topological polar surface area (TPSA) is 114 Å². The first-order chi connectivity index (χ1) is 0. The molecule has 0 bridgehead atoms. The first-order valence-electron chi connectivity index (χ1n) is 0. The van der Waals surface area contributed by atoms with Crippen LogP contribution in [-0.4, -0.2) is 0 Å². The number of rotatable bonds is 0. The van der Waals surface area contributed by atoms with Gasteiger partial charge in [0, 0.05) is 0 Å². The first kappa shape index (κ1) is 207. The maximum absolute atomic E-state index is 0. The summed E-state index contributed by atoms with van der Waals surface area (Å²) in [5, 5.41) is 0.